The molecule has 1 N–H and O–H groups in total. The summed E-state index contributed by atoms with van der Waals surface area (Å²) in [6.07, 6.45) is 5.36. The van der Waals surface area contributed by atoms with E-state index in [1.165, 1.54) is 0 Å². The van der Waals surface area contributed by atoms with Crippen molar-refractivity contribution in [2.75, 3.05) is 13.7 Å². The van der Waals surface area contributed by atoms with E-state index in [2.05, 4.69) is 17.4 Å². The molecule has 2 aromatic carbocycles. The number of methoxy groups -OCH3 is 1. The van der Waals surface area contributed by atoms with Gasteiger partial charge in [-0.2, -0.15) is 0 Å². The molecule has 1 atom stereocenters. The molecule has 2 amide bonds. The molecule has 0 aromatic heterocycles. The molecule has 1 fully saturated rings. The third kappa shape index (κ3) is 6.09. The van der Waals surface area contributed by atoms with E-state index < -0.39 is 6.04 Å². The summed E-state index contributed by atoms with van der Waals surface area (Å²) < 4.78 is 5.19. The fraction of sp³-hybridized carbons (Fsp3) is 0.440. The van der Waals surface area contributed by atoms with Crippen molar-refractivity contribution < 1.29 is 14.3 Å². The van der Waals surface area contributed by atoms with Crippen molar-refractivity contribution in [3.05, 3.63) is 65.7 Å². The molecule has 3 rings (SSSR count). The van der Waals surface area contributed by atoms with Crippen LogP contribution in [-0.2, 0) is 22.4 Å². The van der Waals surface area contributed by atoms with Gasteiger partial charge in [0.2, 0.25) is 11.8 Å². The third-order valence-electron chi connectivity index (χ3n) is 5.87. The highest BCUT2D eigenvalue weighted by Crippen LogP contribution is 2.18. The lowest BCUT2D eigenvalue weighted by Crippen LogP contribution is -2.51. The number of carbonyl (C=O) groups is 2. The normalized spacial score (nSPS) is 14.9. The van der Waals surface area contributed by atoms with Crippen LogP contribution >= 0.6 is 0 Å². The van der Waals surface area contributed by atoms with Gasteiger partial charge in [0.15, 0.2) is 0 Å². The zero-order valence-corrected chi connectivity index (χ0v) is 18.0. The maximum absolute atomic E-state index is 13.2. The van der Waals surface area contributed by atoms with Crippen molar-refractivity contribution in [1.82, 2.24) is 10.2 Å². The molecule has 1 saturated carbocycles. The molecule has 1 aliphatic carbocycles. The van der Waals surface area contributed by atoms with Gasteiger partial charge in [0.25, 0.3) is 0 Å². The van der Waals surface area contributed by atoms with Crippen LogP contribution in [0.5, 0.6) is 5.75 Å². The van der Waals surface area contributed by atoms with Gasteiger partial charge in [0.05, 0.1) is 13.5 Å². The maximum atomic E-state index is 13.2. The van der Waals surface area contributed by atoms with Crippen molar-refractivity contribution in [2.45, 2.75) is 57.5 Å². The molecular formula is C25H32N2O3. The molecule has 0 heterocycles. The molecule has 0 radical (unpaired) electrons. The highest BCUT2D eigenvalue weighted by atomic mass is 16.5. The zero-order chi connectivity index (χ0) is 21.3. The first kappa shape index (κ1) is 21.9. The standard InChI is InChI=1S/C25H32N2O3/c1-19(25(29)26-22-10-6-7-11-22)27(17-16-20-8-4-3-5-9-20)24(28)18-21-12-14-23(30-2)15-13-21/h3-5,8-9,12-15,19,22H,6-7,10-11,16-18H2,1-2H3,(H,26,29)/t19-/m1/s1. The Morgan fingerprint density at radius 3 is 2.33 bits per heavy atom. The SMILES string of the molecule is COc1ccc(CC(=O)N(CCc2ccccc2)[C@H](C)C(=O)NC2CCCC2)cc1. The summed E-state index contributed by atoms with van der Waals surface area (Å²) in [6, 6.07) is 17.3. The number of benzene rings is 2. The molecule has 1 aliphatic rings. The summed E-state index contributed by atoms with van der Waals surface area (Å²) in [7, 11) is 1.62. The number of carbonyl (C=O) groups excluding carboxylic acids is 2. The van der Waals surface area contributed by atoms with Crippen molar-refractivity contribution in [2.24, 2.45) is 0 Å². The summed E-state index contributed by atoms with van der Waals surface area (Å²) in [5.74, 6) is 0.666. The summed E-state index contributed by atoms with van der Waals surface area (Å²) in [4.78, 5) is 27.8. The van der Waals surface area contributed by atoms with E-state index in [1.54, 1.807) is 12.0 Å². The minimum Gasteiger partial charge on any atom is -0.497 e. The Morgan fingerprint density at radius 1 is 1.03 bits per heavy atom. The highest BCUT2D eigenvalue weighted by molar-refractivity contribution is 5.88. The first-order valence-corrected chi connectivity index (χ1v) is 10.8. The first-order chi connectivity index (χ1) is 14.6. The van der Waals surface area contributed by atoms with E-state index in [1.807, 2.05) is 49.4 Å². The largest absolute Gasteiger partial charge is 0.497 e. The Bertz CT molecular complexity index is 814. The van der Waals surface area contributed by atoms with E-state index in [4.69, 9.17) is 4.74 Å². The molecule has 5 heteroatoms. The van der Waals surface area contributed by atoms with Gasteiger partial charge in [-0.05, 0) is 49.4 Å². The van der Waals surface area contributed by atoms with Crippen molar-refractivity contribution in [3.8, 4) is 5.75 Å². The average Bonchev–Trinajstić information content (AvgIpc) is 3.28. The van der Waals surface area contributed by atoms with Crippen LogP contribution in [0.15, 0.2) is 54.6 Å². The van der Waals surface area contributed by atoms with Crippen LogP contribution in [0.1, 0.15) is 43.7 Å². The van der Waals surface area contributed by atoms with Gasteiger partial charge in [0, 0.05) is 12.6 Å². The molecule has 2 aromatic rings. The predicted octanol–water partition coefficient (Wildman–Crippen LogP) is 3.76. The molecule has 160 valence electrons. The second kappa shape index (κ2) is 10.8. The smallest absolute Gasteiger partial charge is 0.242 e. The van der Waals surface area contributed by atoms with Crippen LogP contribution in [0, 0.1) is 0 Å². The van der Waals surface area contributed by atoms with Gasteiger partial charge in [-0.3, -0.25) is 9.59 Å². The minimum atomic E-state index is -0.500. The number of ether oxygens (including phenoxy) is 1. The number of amides is 2. The van der Waals surface area contributed by atoms with Crippen LogP contribution in [0.4, 0.5) is 0 Å². The first-order valence-electron chi connectivity index (χ1n) is 10.8. The predicted molar refractivity (Wildman–Crippen MR) is 118 cm³/mol. The van der Waals surface area contributed by atoms with Gasteiger partial charge in [-0.1, -0.05) is 55.3 Å². The molecular weight excluding hydrogens is 376 g/mol. The molecule has 0 saturated heterocycles. The lowest BCUT2D eigenvalue weighted by molar-refractivity contribution is -0.139. The van der Waals surface area contributed by atoms with Crippen LogP contribution in [0.2, 0.25) is 0 Å². The van der Waals surface area contributed by atoms with Crippen LogP contribution < -0.4 is 10.1 Å². The van der Waals surface area contributed by atoms with E-state index in [9.17, 15) is 9.59 Å². The van der Waals surface area contributed by atoms with Gasteiger partial charge >= 0.3 is 0 Å². The van der Waals surface area contributed by atoms with E-state index in [-0.39, 0.29) is 24.3 Å². The highest BCUT2D eigenvalue weighted by Gasteiger charge is 2.28. The average molecular weight is 409 g/mol. The van der Waals surface area contributed by atoms with Crippen molar-refractivity contribution >= 4 is 11.8 Å². The number of nitrogens with zero attached hydrogens (tertiary/aromatic N) is 1. The van der Waals surface area contributed by atoms with E-state index >= 15 is 0 Å². The monoisotopic (exact) mass is 408 g/mol. The number of nitrogens with one attached hydrogen (secondary N) is 1. The fourth-order valence-electron chi connectivity index (χ4n) is 3.98. The quantitative estimate of drug-likeness (QED) is 0.687. The van der Waals surface area contributed by atoms with E-state index in [0.29, 0.717) is 6.54 Å². The van der Waals surface area contributed by atoms with Gasteiger partial charge < -0.3 is 15.0 Å². The zero-order valence-electron chi connectivity index (χ0n) is 18.0. The second-order valence-electron chi connectivity index (χ2n) is 8.01. The molecule has 0 spiro atoms. The van der Waals surface area contributed by atoms with Crippen LogP contribution in [-0.4, -0.2) is 42.5 Å². The summed E-state index contributed by atoms with van der Waals surface area (Å²) >= 11 is 0. The Labute approximate surface area is 179 Å². The Hall–Kier alpha value is -2.82. The number of rotatable bonds is 9. The summed E-state index contributed by atoms with van der Waals surface area (Å²) in [5, 5.41) is 3.14. The van der Waals surface area contributed by atoms with Crippen molar-refractivity contribution in [3.63, 3.8) is 0 Å². The minimum absolute atomic E-state index is 0.0369. The van der Waals surface area contributed by atoms with Gasteiger partial charge in [-0.15, -0.1) is 0 Å². The third-order valence-corrected chi connectivity index (χ3v) is 5.87. The molecule has 0 unspecified atom stereocenters. The molecule has 0 aliphatic heterocycles. The van der Waals surface area contributed by atoms with Crippen LogP contribution in [0.3, 0.4) is 0 Å². The molecule has 30 heavy (non-hydrogen) atoms. The summed E-state index contributed by atoms with van der Waals surface area (Å²) in [6.45, 7) is 2.35. The Kier molecular flexibility index (Phi) is 7.89. The number of hydrogen-bond donors (Lipinski definition) is 1. The van der Waals surface area contributed by atoms with Crippen LogP contribution in [0.25, 0.3) is 0 Å². The molecule has 5 nitrogen and oxygen atoms in total. The Morgan fingerprint density at radius 2 is 1.70 bits per heavy atom. The van der Waals surface area contributed by atoms with Gasteiger partial charge in [0.1, 0.15) is 11.8 Å². The topological polar surface area (TPSA) is 58.6 Å². The second-order valence-corrected chi connectivity index (χ2v) is 8.01. The molecule has 0 bridgehead atoms. The van der Waals surface area contributed by atoms with Crippen molar-refractivity contribution in [1.29, 1.82) is 0 Å². The van der Waals surface area contributed by atoms with E-state index in [0.717, 1.165) is 49.0 Å². The number of hydrogen-bond acceptors (Lipinski definition) is 3. The lowest BCUT2D eigenvalue weighted by Gasteiger charge is -2.30. The summed E-state index contributed by atoms with van der Waals surface area (Å²) in [5.41, 5.74) is 2.07. The van der Waals surface area contributed by atoms with Gasteiger partial charge in [-0.25, -0.2) is 0 Å². The Balaban J connectivity index is 1.69. The fourth-order valence-corrected chi connectivity index (χ4v) is 3.98. The lowest BCUT2D eigenvalue weighted by atomic mass is 10.1. The maximum Gasteiger partial charge on any atom is 0.242 e.